The summed E-state index contributed by atoms with van der Waals surface area (Å²) in [5.41, 5.74) is 2.05. The van der Waals surface area contributed by atoms with Crippen molar-refractivity contribution >= 4 is 28.2 Å². The number of imidazole rings is 1. The molecule has 0 saturated heterocycles. The molecule has 10 heteroatoms. The van der Waals surface area contributed by atoms with Crippen LogP contribution in [0.2, 0.25) is 0 Å². The van der Waals surface area contributed by atoms with Crippen LogP contribution in [0.1, 0.15) is 51.9 Å². The number of nitrogens with zero attached hydrogens (tertiary/aromatic N) is 3. The highest BCUT2D eigenvalue weighted by Crippen LogP contribution is 2.52. The van der Waals surface area contributed by atoms with E-state index in [4.69, 9.17) is 9.72 Å². The minimum absolute atomic E-state index is 0.0755. The molecular weight excluding hydrogens is 442 g/mol. The molecule has 3 N–H and O–H groups in total. The number of halogens is 2. The molecule has 8 nitrogen and oxygen atoms in total. The molecule has 2 fully saturated rings. The smallest absolute Gasteiger partial charge is 0.407 e. The van der Waals surface area contributed by atoms with Crippen LogP contribution < -0.4 is 10.6 Å². The van der Waals surface area contributed by atoms with Gasteiger partial charge in [-0.3, -0.25) is 0 Å². The molecular formula is C24H32F2N6O2. The zero-order valence-corrected chi connectivity index (χ0v) is 19.8. The average molecular weight is 475 g/mol. The fraction of sp³-hybridized carbons (Fsp3) is 0.625. The summed E-state index contributed by atoms with van der Waals surface area (Å²) in [5, 5.41) is 6.93. The Morgan fingerprint density at radius 1 is 1.32 bits per heavy atom. The lowest BCUT2D eigenvalue weighted by atomic mass is 9.90. The van der Waals surface area contributed by atoms with Gasteiger partial charge in [-0.25, -0.2) is 23.5 Å². The molecule has 0 aliphatic heterocycles. The van der Waals surface area contributed by atoms with Crippen LogP contribution in [0, 0.1) is 11.8 Å². The Labute approximate surface area is 196 Å². The summed E-state index contributed by atoms with van der Waals surface area (Å²) in [5.74, 6) is 1.64. The zero-order chi connectivity index (χ0) is 24.0. The first-order valence-electron chi connectivity index (χ1n) is 12.0. The van der Waals surface area contributed by atoms with E-state index in [0.717, 1.165) is 47.2 Å². The molecule has 5 rings (SSSR count). The molecule has 4 atom stereocenters. The Morgan fingerprint density at radius 2 is 2.15 bits per heavy atom. The normalized spacial score (nSPS) is 24.5. The van der Waals surface area contributed by atoms with Gasteiger partial charge in [-0.2, -0.15) is 0 Å². The second kappa shape index (κ2) is 8.79. The highest BCUT2D eigenvalue weighted by Gasteiger charge is 2.47. The lowest BCUT2D eigenvalue weighted by Gasteiger charge is -2.32. The maximum absolute atomic E-state index is 12.9. The fourth-order valence-corrected chi connectivity index (χ4v) is 5.85. The average Bonchev–Trinajstić information content (AvgIpc) is 3.51. The number of nitrogens with one attached hydrogen (secondary N) is 3. The molecule has 34 heavy (non-hydrogen) atoms. The van der Waals surface area contributed by atoms with Crippen molar-refractivity contribution in [2.24, 2.45) is 11.8 Å². The van der Waals surface area contributed by atoms with Crippen LogP contribution in [-0.4, -0.2) is 56.8 Å². The maximum atomic E-state index is 12.9. The molecule has 3 aromatic rings. The molecule has 0 radical (unpaired) electrons. The summed E-state index contributed by atoms with van der Waals surface area (Å²) in [7, 11) is 0. The van der Waals surface area contributed by atoms with Crippen molar-refractivity contribution in [2.75, 3.05) is 13.1 Å². The lowest BCUT2D eigenvalue weighted by Crippen LogP contribution is -2.41. The number of alkyl halides is 2. The second-order valence-corrected chi connectivity index (χ2v) is 10.5. The number of aromatic amines is 1. The number of aromatic nitrogens is 4. The minimum Gasteiger partial charge on any atom is -0.444 e. The number of alkyl carbamates (subject to hydrolysis) is 1. The van der Waals surface area contributed by atoms with Crippen molar-refractivity contribution in [1.29, 1.82) is 0 Å². The minimum atomic E-state index is -2.35. The van der Waals surface area contributed by atoms with Crippen LogP contribution in [0.3, 0.4) is 0 Å². The number of fused-ring (bicyclic) bond motifs is 5. The molecule has 3 aromatic heterocycles. The van der Waals surface area contributed by atoms with Crippen LogP contribution in [-0.2, 0) is 11.2 Å². The van der Waals surface area contributed by atoms with Crippen LogP contribution >= 0.6 is 0 Å². The number of ether oxygens (including phenoxy) is 1. The van der Waals surface area contributed by atoms with Crippen LogP contribution in [0.15, 0.2) is 18.5 Å². The monoisotopic (exact) mass is 474 g/mol. The number of pyridine rings is 1. The Hall–Kier alpha value is -2.75. The van der Waals surface area contributed by atoms with Crippen molar-refractivity contribution < 1.29 is 18.3 Å². The third kappa shape index (κ3) is 4.47. The Balaban J connectivity index is 1.45. The van der Waals surface area contributed by atoms with Crippen molar-refractivity contribution in [1.82, 2.24) is 30.2 Å². The van der Waals surface area contributed by atoms with Gasteiger partial charge in [-0.05, 0) is 57.9 Å². The van der Waals surface area contributed by atoms with E-state index >= 15 is 0 Å². The van der Waals surface area contributed by atoms with Gasteiger partial charge >= 0.3 is 6.09 Å². The van der Waals surface area contributed by atoms with E-state index in [1.165, 1.54) is 0 Å². The van der Waals surface area contributed by atoms with Gasteiger partial charge < -0.3 is 24.9 Å². The quantitative estimate of drug-likeness (QED) is 0.478. The van der Waals surface area contributed by atoms with E-state index in [1.54, 1.807) is 6.20 Å². The second-order valence-electron chi connectivity index (χ2n) is 10.5. The Kier molecular flexibility index (Phi) is 5.95. The third-order valence-electron chi connectivity index (χ3n) is 6.97. The number of hydrogen-bond donors (Lipinski definition) is 3. The first-order valence-corrected chi connectivity index (χ1v) is 12.0. The molecule has 2 aliphatic carbocycles. The summed E-state index contributed by atoms with van der Waals surface area (Å²) in [6.45, 7) is 5.60. The topological polar surface area (TPSA) is 96.9 Å². The van der Waals surface area contributed by atoms with Crippen LogP contribution in [0.25, 0.3) is 22.1 Å². The summed E-state index contributed by atoms with van der Waals surface area (Å²) in [4.78, 5) is 24.7. The number of carbonyl (C=O) groups is 1. The molecule has 0 spiro atoms. The molecule has 2 aliphatic rings. The van der Waals surface area contributed by atoms with E-state index in [0.29, 0.717) is 18.9 Å². The molecule has 3 heterocycles. The summed E-state index contributed by atoms with van der Waals surface area (Å²) >= 11 is 0. The highest BCUT2D eigenvalue weighted by molar-refractivity contribution is 6.01. The SMILES string of the molecule is CC(C)(C)OC(=O)NCCc1nc2cnc3[nH]ccc3c2n1C1CC2CC(NCC(F)F)C1C2. The van der Waals surface area contributed by atoms with Gasteiger partial charge in [-0.15, -0.1) is 0 Å². The molecule has 4 unspecified atom stereocenters. The molecule has 0 aromatic carbocycles. The van der Waals surface area contributed by atoms with Crippen LogP contribution in [0.5, 0.6) is 0 Å². The summed E-state index contributed by atoms with van der Waals surface area (Å²) < 4.78 is 33.4. The van der Waals surface area contributed by atoms with Gasteiger partial charge in [0, 0.05) is 36.6 Å². The van der Waals surface area contributed by atoms with E-state index in [9.17, 15) is 13.6 Å². The standard InChI is InChI=1S/C24H32F2N6O2/c1-24(2,3)34-23(33)28-7-5-20-31-17-11-30-22-14(4-6-27-22)21(17)32(20)18-10-13-8-15(18)16(9-13)29-12-19(25)26/h4,6,11,13,15-16,18-19,29H,5,7-10,12H2,1-3H3,(H,27,30)(H,28,33). The third-order valence-corrected chi connectivity index (χ3v) is 6.97. The number of rotatable bonds is 7. The lowest BCUT2D eigenvalue weighted by molar-refractivity contribution is 0.0528. The maximum Gasteiger partial charge on any atom is 0.407 e. The fourth-order valence-electron chi connectivity index (χ4n) is 5.85. The first kappa shape index (κ1) is 23.0. The van der Waals surface area contributed by atoms with Crippen molar-refractivity contribution in [3.05, 3.63) is 24.3 Å². The van der Waals surface area contributed by atoms with Gasteiger partial charge in [0.25, 0.3) is 6.43 Å². The van der Waals surface area contributed by atoms with Crippen molar-refractivity contribution in [3.63, 3.8) is 0 Å². The van der Waals surface area contributed by atoms with E-state index in [2.05, 4.69) is 25.2 Å². The number of carbonyl (C=O) groups excluding carboxylic acids is 1. The number of H-pyrrole nitrogens is 1. The number of hydrogen-bond acceptors (Lipinski definition) is 5. The highest BCUT2D eigenvalue weighted by atomic mass is 19.3. The molecule has 2 bridgehead atoms. The predicted octanol–water partition coefficient (Wildman–Crippen LogP) is 4.17. The molecule has 1 amide bonds. The van der Waals surface area contributed by atoms with Gasteiger partial charge in [0.1, 0.15) is 22.6 Å². The Bertz CT molecular complexity index is 1180. The van der Waals surface area contributed by atoms with Crippen molar-refractivity contribution in [2.45, 2.75) is 70.6 Å². The number of amides is 1. The first-order chi connectivity index (χ1) is 16.2. The van der Waals surface area contributed by atoms with Gasteiger partial charge in [0.15, 0.2) is 0 Å². The molecule has 184 valence electrons. The summed E-state index contributed by atoms with van der Waals surface area (Å²) in [6.07, 6.45) is 4.33. The molecule has 2 saturated carbocycles. The van der Waals surface area contributed by atoms with Gasteiger partial charge in [-0.1, -0.05) is 0 Å². The zero-order valence-electron chi connectivity index (χ0n) is 19.8. The van der Waals surface area contributed by atoms with Gasteiger partial charge in [0.05, 0.1) is 18.3 Å². The largest absolute Gasteiger partial charge is 0.444 e. The van der Waals surface area contributed by atoms with E-state index < -0.39 is 18.1 Å². The Morgan fingerprint density at radius 3 is 2.88 bits per heavy atom. The van der Waals surface area contributed by atoms with E-state index in [1.807, 2.05) is 33.0 Å². The van der Waals surface area contributed by atoms with Crippen molar-refractivity contribution in [3.8, 4) is 0 Å². The predicted molar refractivity (Wildman–Crippen MR) is 125 cm³/mol. The van der Waals surface area contributed by atoms with Gasteiger partial charge in [0.2, 0.25) is 0 Å². The van der Waals surface area contributed by atoms with E-state index in [-0.39, 0.29) is 24.5 Å². The summed E-state index contributed by atoms with van der Waals surface area (Å²) in [6, 6.07) is 2.24. The van der Waals surface area contributed by atoms with Crippen LogP contribution in [0.4, 0.5) is 13.6 Å².